The first-order valence-electron chi connectivity index (χ1n) is 15.3. The first kappa shape index (κ1) is 36.8. The maximum Gasteiger partial charge on any atom is 0.475 e. The fraction of sp³-hybridized carbons (Fsp3) is 0.643. The molecule has 2 saturated heterocycles. The van der Waals surface area contributed by atoms with Crippen LogP contribution in [-0.2, 0) is 25.7 Å². The second-order valence-electron chi connectivity index (χ2n) is 11.7. The third kappa shape index (κ3) is 11.9. The van der Waals surface area contributed by atoms with E-state index in [9.17, 15) is 49.3 Å². The van der Waals surface area contributed by atoms with Crippen molar-refractivity contribution in [1.82, 2.24) is 34.8 Å². The van der Waals surface area contributed by atoms with Gasteiger partial charge in [0.25, 0.3) is 5.91 Å². The van der Waals surface area contributed by atoms with Gasteiger partial charge < -0.3 is 35.6 Å². The topological polar surface area (TPSA) is 228 Å². The van der Waals surface area contributed by atoms with Gasteiger partial charge in [0, 0.05) is 71.6 Å². The van der Waals surface area contributed by atoms with Crippen LogP contribution in [0.3, 0.4) is 0 Å². The van der Waals surface area contributed by atoms with Crippen molar-refractivity contribution < 1.29 is 49.3 Å². The van der Waals surface area contributed by atoms with Gasteiger partial charge in [0.05, 0.1) is 36.8 Å². The van der Waals surface area contributed by atoms with E-state index < -0.39 is 48.8 Å². The Kier molecular flexibility index (Phi) is 14.3. The summed E-state index contributed by atoms with van der Waals surface area (Å²) in [6.07, 6.45) is 2.49. The molecular formula is C28H44BN7O10. The van der Waals surface area contributed by atoms with Gasteiger partial charge in [0.15, 0.2) is 0 Å². The summed E-state index contributed by atoms with van der Waals surface area (Å²) < 4.78 is 0. The number of pyridine rings is 1. The second-order valence-corrected chi connectivity index (χ2v) is 11.7. The molecule has 2 aliphatic rings. The van der Waals surface area contributed by atoms with Gasteiger partial charge in [0.2, 0.25) is 5.91 Å². The number of amides is 2. The van der Waals surface area contributed by atoms with Crippen LogP contribution in [-0.4, -0.2) is 182 Å². The molecule has 2 fully saturated rings. The van der Waals surface area contributed by atoms with E-state index in [1.807, 2.05) is 4.90 Å². The Morgan fingerprint density at radius 3 is 1.70 bits per heavy atom. The molecule has 3 heterocycles. The number of nitrogens with one attached hydrogen (secondary N) is 1. The number of nitrogens with zero attached hydrogens (tertiary/aromatic N) is 6. The molecule has 2 atom stereocenters. The predicted octanol–water partition coefficient (Wildman–Crippen LogP) is -2.82. The zero-order chi connectivity index (χ0) is 33.8. The summed E-state index contributed by atoms with van der Waals surface area (Å²) >= 11 is 0. The lowest BCUT2D eigenvalue weighted by molar-refractivity contribution is -0.140. The molecule has 0 unspecified atom stereocenters. The molecule has 0 radical (unpaired) electrons. The van der Waals surface area contributed by atoms with Gasteiger partial charge in [-0.25, -0.2) is 0 Å². The van der Waals surface area contributed by atoms with Crippen molar-refractivity contribution in [2.45, 2.75) is 38.3 Å². The van der Waals surface area contributed by atoms with E-state index >= 15 is 0 Å². The lowest BCUT2D eigenvalue weighted by atomic mass is 9.78. The van der Waals surface area contributed by atoms with Gasteiger partial charge in [-0.1, -0.05) is 0 Å². The van der Waals surface area contributed by atoms with E-state index in [1.165, 1.54) is 18.0 Å². The van der Waals surface area contributed by atoms with Crippen LogP contribution in [0.4, 0.5) is 0 Å². The smallest absolute Gasteiger partial charge is 0.475 e. The number of hydrogen-bond acceptors (Lipinski definition) is 12. The zero-order valence-electron chi connectivity index (χ0n) is 26.0. The van der Waals surface area contributed by atoms with Crippen LogP contribution in [0.25, 0.3) is 0 Å². The number of rotatable bonds is 12. The minimum atomic E-state index is -1.66. The van der Waals surface area contributed by atoms with Crippen molar-refractivity contribution in [2.24, 2.45) is 0 Å². The summed E-state index contributed by atoms with van der Waals surface area (Å²) in [6.45, 7) is 4.38. The number of likely N-dealkylation sites (tertiary alicyclic amines) is 1. The van der Waals surface area contributed by atoms with E-state index in [0.717, 1.165) is 0 Å². The number of aromatic nitrogens is 1. The van der Waals surface area contributed by atoms with Crippen LogP contribution < -0.4 is 5.32 Å². The van der Waals surface area contributed by atoms with Crippen molar-refractivity contribution in [3.8, 4) is 0 Å². The summed E-state index contributed by atoms with van der Waals surface area (Å²) in [6, 6.07) is 2.35. The monoisotopic (exact) mass is 649 g/mol. The number of carboxylic acids is 3. The van der Waals surface area contributed by atoms with E-state index in [2.05, 4.69) is 10.3 Å². The van der Waals surface area contributed by atoms with E-state index in [0.29, 0.717) is 84.0 Å². The van der Waals surface area contributed by atoms with Gasteiger partial charge >= 0.3 is 25.0 Å². The van der Waals surface area contributed by atoms with Crippen molar-refractivity contribution >= 4 is 36.8 Å². The third-order valence-electron chi connectivity index (χ3n) is 8.12. The average Bonchev–Trinajstić information content (AvgIpc) is 3.48. The van der Waals surface area contributed by atoms with Gasteiger partial charge in [-0.15, -0.1) is 0 Å². The SMILES string of the molecule is C[C@@H](NC(=O)c1ccc(CN2CCN(CC(=O)O)CCN(CC(=O)O)CCN(CC(=O)O)CC2)nc1)C(=O)N1CCC[C@H]1B(O)O. The molecule has 2 amide bonds. The average molecular weight is 650 g/mol. The molecule has 17 nitrogen and oxygen atoms in total. The van der Waals surface area contributed by atoms with Crippen LogP contribution in [0.2, 0.25) is 0 Å². The highest BCUT2D eigenvalue weighted by molar-refractivity contribution is 6.43. The Hall–Kier alpha value is -3.68. The Bertz CT molecular complexity index is 1180. The minimum absolute atomic E-state index is 0.220. The fourth-order valence-electron chi connectivity index (χ4n) is 5.63. The molecule has 0 saturated carbocycles. The minimum Gasteiger partial charge on any atom is -0.480 e. The molecule has 1 aromatic rings. The first-order chi connectivity index (χ1) is 21.8. The van der Waals surface area contributed by atoms with Crippen LogP contribution in [0.5, 0.6) is 0 Å². The Labute approximate surface area is 267 Å². The summed E-state index contributed by atoms with van der Waals surface area (Å²) in [7, 11) is -1.66. The van der Waals surface area contributed by atoms with E-state index in [1.54, 1.807) is 26.8 Å². The highest BCUT2D eigenvalue weighted by Crippen LogP contribution is 2.19. The number of carbonyl (C=O) groups is 5. The number of carboxylic acid groups (broad SMARTS) is 3. The normalized spacial score (nSPS) is 20.3. The van der Waals surface area contributed by atoms with Gasteiger partial charge in [0.1, 0.15) is 6.04 Å². The molecule has 2 aliphatic heterocycles. The Balaban J connectivity index is 1.66. The highest BCUT2D eigenvalue weighted by Gasteiger charge is 2.38. The van der Waals surface area contributed by atoms with Crippen molar-refractivity contribution in [1.29, 1.82) is 0 Å². The van der Waals surface area contributed by atoms with Crippen LogP contribution in [0.1, 0.15) is 35.8 Å². The van der Waals surface area contributed by atoms with Crippen LogP contribution in [0.15, 0.2) is 18.3 Å². The molecule has 0 bridgehead atoms. The molecule has 1 aromatic heterocycles. The van der Waals surface area contributed by atoms with Crippen molar-refractivity contribution in [3.63, 3.8) is 0 Å². The predicted molar refractivity (Wildman–Crippen MR) is 164 cm³/mol. The third-order valence-corrected chi connectivity index (χ3v) is 8.12. The lowest BCUT2D eigenvalue weighted by Gasteiger charge is -2.33. The van der Waals surface area contributed by atoms with Gasteiger partial charge in [-0.05, 0) is 31.9 Å². The van der Waals surface area contributed by atoms with Gasteiger partial charge in [-0.3, -0.25) is 48.6 Å². The number of carbonyl (C=O) groups excluding carboxylic acids is 2. The summed E-state index contributed by atoms with van der Waals surface area (Å²) in [4.78, 5) is 73.0. The maximum atomic E-state index is 12.9. The maximum absolute atomic E-state index is 12.9. The summed E-state index contributed by atoms with van der Waals surface area (Å²) in [5.74, 6) is -4.67. The van der Waals surface area contributed by atoms with E-state index in [4.69, 9.17) is 0 Å². The van der Waals surface area contributed by atoms with Gasteiger partial charge in [-0.2, -0.15) is 0 Å². The molecule has 0 aliphatic carbocycles. The number of aliphatic carboxylic acids is 3. The highest BCUT2D eigenvalue weighted by atomic mass is 16.4. The quantitative estimate of drug-likeness (QED) is 0.126. The molecular weight excluding hydrogens is 605 g/mol. The summed E-state index contributed by atoms with van der Waals surface area (Å²) in [5, 5.41) is 49.9. The lowest BCUT2D eigenvalue weighted by Crippen LogP contribution is -2.52. The molecule has 0 spiro atoms. The molecule has 46 heavy (non-hydrogen) atoms. The molecule has 254 valence electrons. The molecule has 3 rings (SSSR count). The first-order valence-corrected chi connectivity index (χ1v) is 15.3. The van der Waals surface area contributed by atoms with Crippen LogP contribution in [0, 0.1) is 0 Å². The molecule has 6 N–H and O–H groups in total. The molecule has 0 aromatic carbocycles. The summed E-state index contributed by atoms with van der Waals surface area (Å²) in [5.41, 5.74) is 0.843. The van der Waals surface area contributed by atoms with Crippen molar-refractivity contribution in [2.75, 3.05) is 78.5 Å². The fourth-order valence-corrected chi connectivity index (χ4v) is 5.63. The zero-order valence-corrected chi connectivity index (χ0v) is 26.0. The largest absolute Gasteiger partial charge is 0.480 e. The Morgan fingerprint density at radius 2 is 1.28 bits per heavy atom. The van der Waals surface area contributed by atoms with Crippen molar-refractivity contribution in [3.05, 3.63) is 29.6 Å². The van der Waals surface area contributed by atoms with Crippen LogP contribution >= 0.6 is 0 Å². The Morgan fingerprint density at radius 1 is 0.804 bits per heavy atom. The molecule has 18 heteroatoms. The number of hydrogen-bond donors (Lipinski definition) is 6. The second kappa shape index (κ2) is 17.9. The standard InChI is InChI=1S/C28H44BN7O10/c1-20(28(44)36-6-2-3-23(36)29(45)46)31-27(43)21-4-5-22(30-15-21)16-32-7-9-33(17-24(37)38)11-13-35(19-26(41)42)14-12-34(10-8-32)18-25(39)40/h4-5,15,20,23,45-46H,2-3,6-14,16-19H2,1H3,(H,31,43)(H,37,38)(H,39,40)(H,41,42)/t20-,23+/m1/s1. The van der Waals surface area contributed by atoms with E-state index in [-0.39, 0.29) is 25.2 Å².